The number of rotatable bonds is 5. The Bertz CT molecular complexity index is 599. The van der Waals surface area contributed by atoms with Crippen LogP contribution < -0.4 is 10.1 Å². The first-order valence-electron chi connectivity index (χ1n) is 6.48. The Labute approximate surface area is 120 Å². The number of halogens is 3. The zero-order valence-electron chi connectivity index (χ0n) is 11.4. The van der Waals surface area contributed by atoms with Gasteiger partial charge in [0.25, 0.3) is 0 Å². The maximum atomic E-state index is 12.6. The van der Waals surface area contributed by atoms with Crippen LogP contribution in [0.15, 0.2) is 42.6 Å². The predicted molar refractivity (Wildman–Crippen MR) is 74.2 cm³/mol. The highest BCUT2D eigenvalue weighted by molar-refractivity contribution is 5.49. The number of hydrogen-bond donors (Lipinski definition) is 1. The zero-order chi connectivity index (χ0) is 15.3. The SMILES string of the molecule is CCOc1cccnc1NCc1cccc(C(F)(F)F)c1. The molecule has 0 aliphatic carbocycles. The first-order valence-corrected chi connectivity index (χ1v) is 6.48. The van der Waals surface area contributed by atoms with E-state index in [2.05, 4.69) is 10.3 Å². The standard InChI is InChI=1S/C15H15F3N2O/c1-2-21-13-7-4-8-19-14(13)20-10-11-5-3-6-12(9-11)15(16,17)18/h3-9H,2,10H2,1H3,(H,19,20). The quantitative estimate of drug-likeness (QED) is 0.901. The number of benzene rings is 1. The molecule has 0 unspecified atom stereocenters. The summed E-state index contributed by atoms with van der Waals surface area (Å²) < 4.78 is 43.3. The van der Waals surface area contributed by atoms with Crippen molar-refractivity contribution < 1.29 is 17.9 Å². The molecule has 0 fully saturated rings. The van der Waals surface area contributed by atoms with Crippen LogP contribution in [0.4, 0.5) is 19.0 Å². The van der Waals surface area contributed by atoms with Crippen LogP contribution in [0, 0.1) is 0 Å². The Morgan fingerprint density at radius 3 is 2.71 bits per heavy atom. The van der Waals surface area contributed by atoms with Crippen molar-refractivity contribution in [2.75, 3.05) is 11.9 Å². The van der Waals surface area contributed by atoms with E-state index >= 15 is 0 Å². The van der Waals surface area contributed by atoms with Crippen molar-refractivity contribution in [2.24, 2.45) is 0 Å². The first kappa shape index (κ1) is 15.2. The van der Waals surface area contributed by atoms with E-state index in [9.17, 15) is 13.2 Å². The van der Waals surface area contributed by atoms with E-state index in [4.69, 9.17) is 4.74 Å². The third kappa shape index (κ3) is 4.11. The van der Waals surface area contributed by atoms with Crippen molar-refractivity contribution in [2.45, 2.75) is 19.6 Å². The van der Waals surface area contributed by atoms with Crippen LogP contribution in [0.2, 0.25) is 0 Å². The molecule has 0 amide bonds. The molecule has 1 aromatic heterocycles. The molecular weight excluding hydrogens is 281 g/mol. The number of pyridine rings is 1. The molecule has 1 aromatic carbocycles. The van der Waals surface area contributed by atoms with Crippen LogP contribution in [-0.4, -0.2) is 11.6 Å². The van der Waals surface area contributed by atoms with Gasteiger partial charge in [0.1, 0.15) is 0 Å². The maximum absolute atomic E-state index is 12.6. The molecule has 0 aliphatic rings. The lowest BCUT2D eigenvalue weighted by atomic mass is 10.1. The average molecular weight is 296 g/mol. The van der Waals surface area contributed by atoms with Crippen LogP contribution in [0.5, 0.6) is 5.75 Å². The van der Waals surface area contributed by atoms with Crippen LogP contribution in [-0.2, 0) is 12.7 Å². The number of anilines is 1. The van der Waals surface area contributed by atoms with Gasteiger partial charge in [0.05, 0.1) is 12.2 Å². The van der Waals surface area contributed by atoms with E-state index in [1.54, 1.807) is 24.4 Å². The summed E-state index contributed by atoms with van der Waals surface area (Å²) in [4.78, 5) is 4.13. The third-order valence-corrected chi connectivity index (χ3v) is 2.78. The normalized spacial score (nSPS) is 11.2. The van der Waals surface area contributed by atoms with Gasteiger partial charge >= 0.3 is 6.18 Å². The molecule has 2 aromatic rings. The Morgan fingerprint density at radius 1 is 1.19 bits per heavy atom. The Kier molecular flexibility index (Phi) is 4.67. The van der Waals surface area contributed by atoms with Gasteiger partial charge in [-0.25, -0.2) is 4.98 Å². The van der Waals surface area contributed by atoms with Gasteiger partial charge in [-0.3, -0.25) is 0 Å². The Morgan fingerprint density at radius 2 is 2.00 bits per heavy atom. The molecule has 0 saturated carbocycles. The molecule has 1 heterocycles. The molecular formula is C15H15F3N2O. The van der Waals surface area contributed by atoms with Crippen molar-refractivity contribution in [1.29, 1.82) is 0 Å². The van der Waals surface area contributed by atoms with Crippen molar-refractivity contribution >= 4 is 5.82 Å². The highest BCUT2D eigenvalue weighted by atomic mass is 19.4. The van der Waals surface area contributed by atoms with E-state index in [0.29, 0.717) is 23.7 Å². The highest BCUT2D eigenvalue weighted by Gasteiger charge is 2.30. The second-order valence-corrected chi connectivity index (χ2v) is 4.33. The largest absolute Gasteiger partial charge is 0.490 e. The minimum Gasteiger partial charge on any atom is -0.490 e. The molecule has 0 bridgehead atoms. The first-order chi connectivity index (χ1) is 10.0. The van der Waals surface area contributed by atoms with Gasteiger partial charge in [-0.15, -0.1) is 0 Å². The summed E-state index contributed by atoms with van der Waals surface area (Å²) in [5.41, 5.74) is -0.134. The highest BCUT2D eigenvalue weighted by Crippen LogP contribution is 2.30. The average Bonchev–Trinajstić information content (AvgIpc) is 2.46. The van der Waals surface area contributed by atoms with Crippen LogP contribution >= 0.6 is 0 Å². The molecule has 0 saturated heterocycles. The summed E-state index contributed by atoms with van der Waals surface area (Å²) in [5, 5.41) is 2.99. The lowest BCUT2D eigenvalue weighted by Crippen LogP contribution is -2.08. The molecule has 112 valence electrons. The smallest absolute Gasteiger partial charge is 0.416 e. The molecule has 0 spiro atoms. The zero-order valence-corrected chi connectivity index (χ0v) is 11.4. The van der Waals surface area contributed by atoms with E-state index in [-0.39, 0.29) is 6.54 Å². The van der Waals surface area contributed by atoms with Crippen LogP contribution in [0.1, 0.15) is 18.1 Å². The van der Waals surface area contributed by atoms with E-state index in [1.165, 1.54) is 6.07 Å². The summed E-state index contributed by atoms with van der Waals surface area (Å²) in [6.45, 7) is 2.58. The van der Waals surface area contributed by atoms with Crippen LogP contribution in [0.3, 0.4) is 0 Å². The fourth-order valence-electron chi connectivity index (χ4n) is 1.84. The number of ether oxygens (including phenoxy) is 1. The lowest BCUT2D eigenvalue weighted by molar-refractivity contribution is -0.137. The molecule has 0 aliphatic heterocycles. The summed E-state index contributed by atoms with van der Waals surface area (Å²) in [5.74, 6) is 1.09. The summed E-state index contributed by atoms with van der Waals surface area (Å²) in [6, 6.07) is 8.69. The molecule has 2 rings (SSSR count). The van der Waals surface area contributed by atoms with Gasteiger partial charge in [-0.1, -0.05) is 12.1 Å². The number of hydrogen-bond acceptors (Lipinski definition) is 3. The number of nitrogens with one attached hydrogen (secondary N) is 1. The van der Waals surface area contributed by atoms with Crippen LogP contribution in [0.25, 0.3) is 0 Å². The van der Waals surface area contributed by atoms with Gasteiger partial charge < -0.3 is 10.1 Å². The Hall–Kier alpha value is -2.24. The number of nitrogens with zero attached hydrogens (tertiary/aromatic N) is 1. The number of aromatic nitrogens is 1. The third-order valence-electron chi connectivity index (χ3n) is 2.78. The second kappa shape index (κ2) is 6.47. The minimum absolute atomic E-state index is 0.237. The molecule has 3 nitrogen and oxygen atoms in total. The second-order valence-electron chi connectivity index (χ2n) is 4.33. The van der Waals surface area contributed by atoms with Gasteiger partial charge in [0, 0.05) is 12.7 Å². The van der Waals surface area contributed by atoms with Gasteiger partial charge in [0.15, 0.2) is 11.6 Å². The lowest BCUT2D eigenvalue weighted by Gasteiger charge is -2.12. The van der Waals surface area contributed by atoms with E-state index in [0.717, 1.165) is 12.1 Å². The summed E-state index contributed by atoms with van der Waals surface area (Å²) in [7, 11) is 0. The predicted octanol–water partition coefficient (Wildman–Crippen LogP) is 4.11. The van der Waals surface area contributed by atoms with Gasteiger partial charge in [-0.05, 0) is 36.8 Å². The molecule has 21 heavy (non-hydrogen) atoms. The van der Waals surface area contributed by atoms with Gasteiger partial charge in [-0.2, -0.15) is 13.2 Å². The summed E-state index contributed by atoms with van der Waals surface area (Å²) in [6.07, 6.45) is -2.74. The van der Waals surface area contributed by atoms with Crippen molar-refractivity contribution in [3.05, 3.63) is 53.7 Å². The molecule has 0 atom stereocenters. The van der Waals surface area contributed by atoms with E-state index in [1.807, 2.05) is 6.92 Å². The topological polar surface area (TPSA) is 34.1 Å². The van der Waals surface area contributed by atoms with Crippen molar-refractivity contribution in [3.63, 3.8) is 0 Å². The van der Waals surface area contributed by atoms with Crippen molar-refractivity contribution in [3.8, 4) is 5.75 Å². The molecule has 1 N–H and O–H groups in total. The van der Waals surface area contributed by atoms with Crippen molar-refractivity contribution in [1.82, 2.24) is 4.98 Å². The van der Waals surface area contributed by atoms with Gasteiger partial charge in [0.2, 0.25) is 0 Å². The Balaban J connectivity index is 2.10. The monoisotopic (exact) mass is 296 g/mol. The number of alkyl halides is 3. The molecule has 0 radical (unpaired) electrons. The maximum Gasteiger partial charge on any atom is 0.416 e. The summed E-state index contributed by atoms with van der Waals surface area (Å²) >= 11 is 0. The van der Waals surface area contributed by atoms with E-state index < -0.39 is 11.7 Å². The molecule has 6 heteroatoms. The minimum atomic E-state index is -4.34. The fourth-order valence-corrected chi connectivity index (χ4v) is 1.84. The fraction of sp³-hybridized carbons (Fsp3) is 0.267.